The minimum atomic E-state index is -0.430. The number of ether oxygens (including phenoxy) is 2. The summed E-state index contributed by atoms with van der Waals surface area (Å²) in [5.74, 6) is 0.978. The molecule has 0 saturated heterocycles. The van der Waals surface area contributed by atoms with Crippen LogP contribution < -0.4 is 20.1 Å². The van der Waals surface area contributed by atoms with Crippen LogP contribution in [0.2, 0.25) is 0 Å². The van der Waals surface area contributed by atoms with E-state index in [1.165, 1.54) is 0 Å². The smallest absolute Gasteiger partial charge is 0.246 e. The van der Waals surface area contributed by atoms with E-state index in [2.05, 4.69) is 15.6 Å². The van der Waals surface area contributed by atoms with E-state index in [4.69, 9.17) is 9.47 Å². The van der Waals surface area contributed by atoms with Gasteiger partial charge >= 0.3 is 0 Å². The fourth-order valence-electron chi connectivity index (χ4n) is 1.89. The molecule has 116 valence electrons. The first-order valence-corrected chi connectivity index (χ1v) is 6.84. The zero-order valence-corrected chi connectivity index (χ0v) is 12.8. The Kier molecular flexibility index (Phi) is 5.19. The molecule has 6 heteroatoms. The van der Waals surface area contributed by atoms with E-state index in [1.807, 2.05) is 12.1 Å². The number of nitrogens with one attached hydrogen (secondary N) is 2. The average molecular weight is 301 g/mol. The van der Waals surface area contributed by atoms with Crippen molar-refractivity contribution in [3.63, 3.8) is 0 Å². The Morgan fingerprint density at radius 2 is 1.91 bits per heavy atom. The summed E-state index contributed by atoms with van der Waals surface area (Å²) in [5, 5.41) is 5.91. The van der Waals surface area contributed by atoms with Crippen LogP contribution in [-0.2, 0) is 4.79 Å². The normalized spacial score (nSPS) is 11.4. The molecule has 2 aromatic rings. The molecule has 0 aliphatic carbocycles. The Balaban J connectivity index is 1.99. The van der Waals surface area contributed by atoms with Gasteiger partial charge in [0.15, 0.2) is 0 Å². The van der Waals surface area contributed by atoms with Crippen LogP contribution in [0.15, 0.2) is 42.6 Å². The van der Waals surface area contributed by atoms with Gasteiger partial charge < -0.3 is 20.1 Å². The number of aromatic nitrogens is 1. The predicted octanol–water partition coefficient (Wildman–Crippen LogP) is 2.54. The molecule has 1 heterocycles. The number of rotatable bonds is 6. The molecule has 1 atom stereocenters. The summed E-state index contributed by atoms with van der Waals surface area (Å²) < 4.78 is 10.2. The highest BCUT2D eigenvalue weighted by Gasteiger charge is 2.14. The van der Waals surface area contributed by atoms with Crippen LogP contribution in [0.5, 0.6) is 11.6 Å². The van der Waals surface area contributed by atoms with Crippen LogP contribution >= 0.6 is 0 Å². The SMILES string of the molecule is COc1ccc(N[C@H](C)C(=O)Nc2ccccc2OC)cn1. The number of hydrogen-bond donors (Lipinski definition) is 2. The molecule has 2 rings (SSSR count). The summed E-state index contributed by atoms with van der Waals surface area (Å²) in [7, 11) is 3.12. The minimum Gasteiger partial charge on any atom is -0.495 e. The van der Waals surface area contributed by atoms with Crippen molar-refractivity contribution < 1.29 is 14.3 Å². The van der Waals surface area contributed by atoms with Crippen LogP contribution in [0, 0.1) is 0 Å². The third-order valence-electron chi connectivity index (χ3n) is 3.09. The third-order valence-corrected chi connectivity index (χ3v) is 3.09. The number of hydrogen-bond acceptors (Lipinski definition) is 5. The number of nitrogens with zero attached hydrogens (tertiary/aromatic N) is 1. The molecular weight excluding hydrogens is 282 g/mol. The Hall–Kier alpha value is -2.76. The largest absolute Gasteiger partial charge is 0.495 e. The summed E-state index contributed by atoms with van der Waals surface area (Å²) in [6, 6.07) is 10.4. The Morgan fingerprint density at radius 1 is 1.14 bits per heavy atom. The van der Waals surface area contributed by atoms with Crippen molar-refractivity contribution in [1.82, 2.24) is 4.98 Å². The van der Waals surface area contributed by atoms with Gasteiger partial charge in [0.25, 0.3) is 0 Å². The molecule has 0 fully saturated rings. The van der Waals surface area contributed by atoms with Gasteiger partial charge in [-0.25, -0.2) is 4.98 Å². The van der Waals surface area contributed by atoms with Gasteiger partial charge in [-0.3, -0.25) is 4.79 Å². The fourth-order valence-corrected chi connectivity index (χ4v) is 1.89. The monoisotopic (exact) mass is 301 g/mol. The molecule has 6 nitrogen and oxygen atoms in total. The third kappa shape index (κ3) is 3.88. The summed E-state index contributed by atoms with van der Waals surface area (Å²) in [6.07, 6.45) is 1.62. The zero-order chi connectivity index (χ0) is 15.9. The van der Waals surface area contributed by atoms with Crippen molar-refractivity contribution in [1.29, 1.82) is 0 Å². The number of pyridine rings is 1. The van der Waals surface area contributed by atoms with Crippen molar-refractivity contribution in [2.75, 3.05) is 24.9 Å². The second-order valence-corrected chi connectivity index (χ2v) is 4.64. The molecule has 0 aliphatic heterocycles. The van der Waals surface area contributed by atoms with E-state index in [9.17, 15) is 4.79 Å². The standard InChI is InChI=1S/C16H19N3O3/c1-11(18-12-8-9-15(22-3)17-10-12)16(20)19-13-6-4-5-7-14(13)21-2/h4-11,18H,1-3H3,(H,19,20)/t11-/m1/s1. The van der Waals surface area contributed by atoms with Crippen molar-refractivity contribution >= 4 is 17.3 Å². The highest BCUT2D eigenvalue weighted by Crippen LogP contribution is 2.23. The summed E-state index contributed by atoms with van der Waals surface area (Å²) in [6.45, 7) is 1.77. The average Bonchev–Trinajstić information content (AvgIpc) is 2.56. The first-order chi connectivity index (χ1) is 10.6. The number of carbonyl (C=O) groups is 1. The van der Waals surface area contributed by atoms with E-state index in [0.717, 1.165) is 5.69 Å². The van der Waals surface area contributed by atoms with Crippen LogP contribution in [0.1, 0.15) is 6.92 Å². The number of para-hydroxylation sites is 2. The van der Waals surface area contributed by atoms with E-state index in [0.29, 0.717) is 17.3 Å². The number of methoxy groups -OCH3 is 2. The van der Waals surface area contributed by atoms with Crippen LogP contribution in [0.3, 0.4) is 0 Å². The van der Waals surface area contributed by atoms with E-state index in [1.54, 1.807) is 51.6 Å². The summed E-state index contributed by atoms with van der Waals surface area (Å²) >= 11 is 0. The van der Waals surface area contributed by atoms with Gasteiger partial charge in [0.05, 0.1) is 31.8 Å². The number of anilines is 2. The molecule has 0 aliphatic rings. The maximum absolute atomic E-state index is 12.2. The molecule has 0 radical (unpaired) electrons. The molecule has 0 bridgehead atoms. The molecule has 2 N–H and O–H groups in total. The highest BCUT2D eigenvalue weighted by atomic mass is 16.5. The zero-order valence-electron chi connectivity index (χ0n) is 12.8. The number of benzene rings is 1. The molecule has 22 heavy (non-hydrogen) atoms. The van der Waals surface area contributed by atoms with Gasteiger partial charge in [-0.15, -0.1) is 0 Å². The topological polar surface area (TPSA) is 72.5 Å². The molecule has 0 saturated carbocycles. The van der Waals surface area contributed by atoms with Crippen LogP contribution in [-0.4, -0.2) is 31.2 Å². The molecular formula is C16H19N3O3. The highest BCUT2D eigenvalue weighted by molar-refractivity contribution is 5.97. The number of carbonyl (C=O) groups excluding carboxylic acids is 1. The predicted molar refractivity (Wildman–Crippen MR) is 85.5 cm³/mol. The maximum atomic E-state index is 12.2. The van der Waals surface area contributed by atoms with E-state index in [-0.39, 0.29) is 5.91 Å². The lowest BCUT2D eigenvalue weighted by atomic mass is 10.2. The number of amides is 1. The first kappa shape index (κ1) is 15.6. The van der Waals surface area contributed by atoms with Gasteiger partial charge in [-0.1, -0.05) is 12.1 Å². The minimum absolute atomic E-state index is 0.166. The van der Waals surface area contributed by atoms with Crippen LogP contribution in [0.4, 0.5) is 11.4 Å². The lowest BCUT2D eigenvalue weighted by Crippen LogP contribution is -2.32. The first-order valence-electron chi connectivity index (χ1n) is 6.84. The van der Waals surface area contributed by atoms with Crippen molar-refractivity contribution in [3.05, 3.63) is 42.6 Å². The lowest BCUT2D eigenvalue weighted by molar-refractivity contribution is -0.116. The lowest BCUT2D eigenvalue weighted by Gasteiger charge is -2.16. The quantitative estimate of drug-likeness (QED) is 0.858. The fraction of sp³-hybridized carbons (Fsp3) is 0.250. The van der Waals surface area contributed by atoms with Gasteiger partial charge in [0.2, 0.25) is 11.8 Å². The summed E-state index contributed by atoms with van der Waals surface area (Å²) in [5.41, 5.74) is 1.37. The molecule has 0 unspecified atom stereocenters. The van der Waals surface area contributed by atoms with Gasteiger partial charge in [0, 0.05) is 6.07 Å². The van der Waals surface area contributed by atoms with Gasteiger partial charge in [-0.2, -0.15) is 0 Å². The van der Waals surface area contributed by atoms with E-state index < -0.39 is 6.04 Å². The van der Waals surface area contributed by atoms with Crippen molar-refractivity contribution in [2.45, 2.75) is 13.0 Å². The van der Waals surface area contributed by atoms with Crippen LogP contribution in [0.25, 0.3) is 0 Å². The molecule has 1 aromatic carbocycles. The maximum Gasteiger partial charge on any atom is 0.246 e. The molecule has 1 amide bonds. The Labute approximate surface area is 129 Å². The van der Waals surface area contributed by atoms with Gasteiger partial charge in [0.1, 0.15) is 11.8 Å². The second-order valence-electron chi connectivity index (χ2n) is 4.64. The summed E-state index contributed by atoms with van der Waals surface area (Å²) in [4.78, 5) is 16.3. The Bertz CT molecular complexity index is 629. The molecule has 0 spiro atoms. The van der Waals surface area contributed by atoms with Gasteiger partial charge in [-0.05, 0) is 25.1 Å². The Morgan fingerprint density at radius 3 is 2.55 bits per heavy atom. The van der Waals surface area contributed by atoms with E-state index >= 15 is 0 Å². The molecule has 1 aromatic heterocycles. The van der Waals surface area contributed by atoms with Crippen molar-refractivity contribution in [3.8, 4) is 11.6 Å². The second kappa shape index (κ2) is 7.31. The van der Waals surface area contributed by atoms with Crippen molar-refractivity contribution in [2.24, 2.45) is 0 Å².